The molecule has 0 amide bonds. The van der Waals surface area contributed by atoms with Gasteiger partial charge < -0.3 is 10.5 Å². The molecule has 1 aromatic carbocycles. The van der Waals surface area contributed by atoms with Gasteiger partial charge in [-0.25, -0.2) is 4.98 Å². The molecule has 0 saturated carbocycles. The molecular weight excluding hydrogens is 244 g/mol. The molecule has 2 aromatic rings. The van der Waals surface area contributed by atoms with Crippen LogP contribution >= 0.6 is 11.3 Å². The van der Waals surface area contributed by atoms with E-state index >= 15 is 0 Å². The maximum atomic E-state index is 5.75. The monoisotopic (exact) mass is 262 g/mol. The third-order valence-corrected chi connectivity index (χ3v) is 3.96. The Bertz CT molecular complexity index is 489. The first-order valence-corrected chi connectivity index (χ1v) is 6.96. The maximum Gasteiger partial charge on any atom is 0.123 e. The molecule has 3 nitrogen and oxygen atoms in total. The van der Waals surface area contributed by atoms with E-state index in [9.17, 15) is 0 Å². The molecule has 0 fully saturated rings. The smallest absolute Gasteiger partial charge is 0.123 e. The Hall–Kier alpha value is -1.39. The lowest BCUT2D eigenvalue weighted by Gasteiger charge is -2.07. The summed E-state index contributed by atoms with van der Waals surface area (Å²) in [4.78, 5) is 4.68. The lowest BCUT2D eigenvalue weighted by molar-refractivity contribution is 0.415. The second-order valence-electron chi connectivity index (χ2n) is 4.15. The van der Waals surface area contributed by atoms with Gasteiger partial charge in [0.2, 0.25) is 0 Å². The molecule has 2 N–H and O–H groups in total. The molecule has 1 atom stereocenters. The summed E-state index contributed by atoms with van der Waals surface area (Å²) in [6, 6.07) is 7.98. The number of aromatic nitrogens is 1. The minimum atomic E-state index is 0.369. The predicted octanol–water partition coefficient (Wildman–Crippen LogP) is 3.27. The van der Waals surface area contributed by atoms with Gasteiger partial charge in [-0.1, -0.05) is 6.92 Å². The van der Waals surface area contributed by atoms with Crippen LogP contribution in [0.4, 0.5) is 0 Å². The Morgan fingerprint density at radius 2 is 2.06 bits per heavy atom. The molecule has 0 spiro atoms. The Labute approximate surface area is 112 Å². The normalized spacial score (nSPS) is 12.4. The Balaban J connectivity index is 2.23. The van der Waals surface area contributed by atoms with E-state index in [1.165, 1.54) is 0 Å². The quantitative estimate of drug-likeness (QED) is 0.899. The fourth-order valence-corrected chi connectivity index (χ4v) is 2.74. The van der Waals surface area contributed by atoms with Crippen LogP contribution < -0.4 is 10.5 Å². The van der Waals surface area contributed by atoms with E-state index in [-0.39, 0.29) is 0 Å². The van der Waals surface area contributed by atoms with E-state index in [4.69, 9.17) is 10.5 Å². The van der Waals surface area contributed by atoms with Crippen molar-refractivity contribution in [2.24, 2.45) is 5.73 Å². The number of nitrogens with two attached hydrogens (primary N) is 1. The fourth-order valence-electron chi connectivity index (χ4n) is 1.84. The highest BCUT2D eigenvalue weighted by molar-refractivity contribution is 7.13. The number of methoxy groups -OCH3 is 1. The molecule has 1 heterocycles. The summed E-state index contributed by atoms with van der Waals surface area (Å²) < 4.78 is 5.15. The summed E-state index contributed by atoms with van der Waals surface area (Å²) in [7, 11) is 1.67. The van der Waals surface area contributed by atoms with Crippen LogP contribution in [0, 0.1) is 0 Å². The molecule has 2 rings (SSSR count). The average molecular weight is 262 g/mol. The third kappa shape index (κ3) is 2.71. The van der Waals surface area contributed by atoms with E-state index < -0.39 is 0 Å². The van der Waals surface area contributed by atoms with Crippen molar-refractivity contribution in [3.63, 3.8) is 0 Å². The molecular formula is C14H18N2OS. The van der Waals surface area contributed by atoms with Gasteiger partial charge in [0.25, 0.3) is 0 Å². The highest BCUT2D eigenvalue weighted by atomic mass is 32.1. The third-order valence-electron chi connectivity index (χ3n) is 3.05. The second kappa shape index (κ2) is 5.98. The minimum Gasteiger partial charge on any atom is -0.497 e. The summed E-state index contributed by atoms with van der Waals surface area (Å²) in [5.74, 6) is 1.23. The lowest BCUT2D eigenvalue weighted by Crippen LogP contribution is -2.11. The van der Waals surface area contributed by atoms with Crippen LogP contribution in [0.25, 0.3) is 10.6 Å². The molecule has 18 heavy (non-hydrogen) atoms. The topological polar surface area (TPSA) is 48.1 Å². The van der Waals surface area contributed by atoms with Crippen molar-refractivity contribution in [2.45, 2.75) is 19.3 Å². The SMILES string of the molecule is CCC(CN)c1csc(-c2ccc(OC)cc2)n1. The highest BCUT2D eigenvalue weighted by Crippen LogP contribution is 2.28. The molecule has 0 aliphatic rings. The van der Waals surface area contributed by atoms with Crippen LogP contribution in [0.3, 0.4) is 0 Å². The molecule has 0 aliphatic carbocycles. The van der Waals surface area contributed by atoms with Gasteiger partial charge in [-0.05, 0) is 30.7 Å². The van der Waals surface area contributed by atoms with E-state index in [0.29, 0.717) is 12.5 Å². The van der Waals surface area contributed by atoms with E-state index in [2.05, 4.69) is 17.3 Å². The van der Waals surface area contributed by atoms with Crippen molar-refractivity contribution < 1.29 is 4.74 Å². The van der Waals surface area contributed by atoms with Crippen LogP contribution in [0.15, 0.2) is 29.6 Å². The molecule has 0 aliphatic heterocycles. The second-order valence-corrected chi connectivity index (χ2v) is 5.01. The van der Waals surface area contributed by atoms with Gasteiger partial charge in [0.15, 0.2) is 0 Å². The number of thiazole rings is 1. The molecule has 0 bridgehead atoms. The van der Waals surface area contributed by atoms with E-state index in [1.807, 2.05) is 24.3 Å². The van der Waals surface area contributed by atoms with Crippen LogP contribution in [0.2, 0.25) is 0 Å². The Morgan fingerprint density at radius 1 is 1.33 bits per heavy atom. The Kier molecular flexibility index (Phi) is 4.33. The van der Waals surface area contributed by atoms with Gasteiger partial charge >= 0.3 is 0 Å². The summed E-state index contributed by atoms with van der Waals surface area (Å²) in [6.45, 7) is 2.80. The van der Waals surface area contributed by atoms with Crippen LogP contribution in [-0.4, -0.2) is 18.6 Å². The summed E-state index contributed by atoms with van der Waals surface area (Å²) in [6.07, 6.45) is 1.03. The van der Waals surface area contributed by atoms with E-state index in [1.54, 1.807) is 18.4 Å². The van der Waals surface area contributed by atoms with Crippen LogP contribution in [-0.2, 0) is 0 Å². The van der Waals surface area contributed by atoms with Crippen molar-refractivity contribution >= 4 is 11.3 Å². The average Bonchev–Trinajstić information content (AvgIpc) is 2.90. The summed E-state index contributed by atoms with van der Waals surface area (Å²) in [5, 5.41) is 3.15. The number of hydrogen-bond acceptors (Lipinski definition) is 4. The first-order valence-electron chi connectivity index (χ1n) is 6.08. The maximum absolute atomic E-state index is 5.75. The Morgan fingerprint density at radius 3 is 2.61 bits per heavy atom. The van der Waals surface area contributed by atoms with Gasteiger partial charge in [-0.3, -0.25) is 0 Å². The van der Waals surface area contributed by atoms with Gasteiger partial charge in [-0.15, -0.1) is 11.3 Å². The molecule has 1 unspecified atom stereocenters. The first-order chi connectivity index (χ1) is 8.78. The zero-order chi connectivity index (χ0) is 13.0. The zero-order valence-corrected chi connectivity index (χ0v) is 11.5. The van der Waals surface area contributed by atoms with Crippen molar-refractivity contribution in [1.82, 2.24) is 4.98 Å². The number of nitrogens with zero attached hydrogens (tertiary/aromatic N) is 1. The van der Waals surface area contributed by atoms with Crippen molar-refractivity contribution in [2.75, 3.05) is 13.7 Å². The van der Waals surface area contributed by atoms with Crippen molar-refractivity contribution in [3.05, 3.63) is 35.3 Å². The first kappa shape index (κ1) is 13.1. The molecule has 96 valence electrons. The van der Waals surface area contributed by atoms with Crippen molar-refractivity contribution in [1.29, 1.82) is 0 Å². The lowest BCUT2D eigenvalue weighted by atomic mass is 10.0. The fraction of sp³-hybridized carbons (Fsp3) is 0.357. The molecule has 0 radical (unpaired) electrons. The molecule has 0 saturated heterocycles. The number of benzene rings is 1. The van der Waals surface area contributed by atoms with Gasteiger partial charge in [-0.2, -0.15) is 0 Å². The van der Waals surface area contributed by atoms with Gasteiger partial charge in [0.05, 0.1) is 12.8 Å². The minimum absolute atomic E-state index is 0.369. The number of hydrogen-bond donors (Lipinski definition) is 1. The largest absolute Gasteiger partial charge is 0.497 e. The van der Waals surface area contributed by atoms with E-state index in [0.717, 1.165) is 28.4 Å². The predicted molar refractivity (Wildman–Crippen MR) is 76.2 cm³/mol. The summed E-state index contributed by atoms with van der Waals surface area (Å²) in [5.41, 5.74) is 7.98. The van der Waals surface area contributed by atoms with Gasteiger partial charge in [0.1, 0.15) is 10.8 Å². The molecule has 4 heteroatoms. The summed E-state index contributed by atoms with van der Waals surface area (Å²) >= 11 is 1.67. The number of ether oxygens (including phenoxy) is 1. The van der Waals surface area contributed by atoms with Crippen LogP contribution in [0.1, 0.15) is 25.0 Å². The zero-order valence-electron chi connectivity index (χ0n) is 10.7. The highest BCUT2D eigenvalue weighted by Gasteiger charge is 2.12. The van der Waals surface area contributed by atoms with Gasteiger partial charge in [0, 0.05) is 23.4 Å². The molecule has 1 aromatic heterocycles. The van der Waals surface area contributed by atoms with Crippen LogP contribution in [0.5, 0.6) is 5.75 Å². The number of rotatable bonds is 5. The van der Waals surface area contributed by atoms with Crippen molar-refractivity contribution in [3.8, 4) is 16.3 Å². The standard InChI is InChI=1S/C14H18N2OS/c1-3-10(8-15)13-9-18-14(16-13)11-4-6-12(17-2)7-5-11/h4-7,9-10H,3,8,15H2,1-2H3.